The smallest absolute Gasteiger partial charge is 0.0173 e. The molecule has 2 atom stereocenters. The van der Waals surface area contributed by atoms with Gasteiger partial charge in [0.15, 0.2) is 0 Å². The van der Waals surface area contributed by atoms with Crippen molar-refractivity contribution >= 4 is 0 Å². The summed E-state index contributed by atoms with van der Waals surface area (Å²) in [4.78, 5) is 0. The van der Waals surface area contributed by atoms with E-state index in [1.807, 2.05) is 5.92 Å². The van der Waals surface area contributed by atoms with Crippen molar-refractivity contribution in [3.63, 3.8) is 0 Å². The standard InChI is InChI=1S/C11H19/c1-2-3-6-9-10-7-4-5-8-11(9)10/h10-11H,2-8H2,1H3. The van der Waals surface area contributed by atoms with Crippen LogP contribution in [0.2, 0.25) is 0 Å². The Bertz CT molecular complexity index is 116. The summed E-state index contributed by atoms with van der Waals surface area (Å²) in [6.07, 6.45) is 10.4. The van der Waals surface area contributed by atoms with E-state index in [0.29, 0.717) is 0 Å². The third-order valence-electron chi connectivity index (χ3n) is 3.43. The van der Waals surface area contributed by atoms with Crippen molar-refractivity contribution in [1.82, 2.24) is 0 Å². The lowest BCUT2D eigenvalue weighted by Gasteiger charge is -2.04. The third kappa shape index (κ3) is 1.45. The predicted molar refractivity (Wildman–Crippen MR) is 48.2 cm³/mol. The Kier molecular flexibility index (Phi) is 2.20. The van der Waals surface area contributed by atoms with Crippen LogP contribution in [-0.4, -0.2) is 0 Å². The van der Waals surface area contributed by atoms with Gasteiger partial charge in [-0.3, -0.25) is 0 Å². The zero-order chi connectivity index (χ0) is 7.68. The van der Waals surface area contributed by atoms with Gasteiger partial charge in [0.05, 0.1) is 0 Å². The first-order chi connectivity index (χ1) is 5.43. The van der Waals surface area contributed by atoms with E-state index in [2.05, 4.69) is 6.92 Å². The maximum Gasteiger partial charge on any atom is -0.0173 e. The van der Waals surface area contributed by atoms with Gasteiger partial charge in [-0.05, 0) is 37.0 Å². The highest BCUT2D eigenvalue weighted by Crippen LogP contribution is 2.59. The van der Waals surface area contributed by atoms with E-state index in [1.54, 1.807) is 0 Å². The van der Waals surface area contributed by atoms with E-state index in [0.717, 1.165) is 11.8 Å². The van der Waals surface area contributed by atoms with Gasteiger partial charge in [0.2, 0.25) is 0 Å². The molecule has 0 saturated heterocycles. The highest BCUT2D eigenvalue weighted by Gasteiger charge is 2.49. The van der Waals surface area contributed by atoms with Gasteiger partial charge in [-0.1, -0.05) is 32.6 Å². The lowest BCUT2D eigenvalue weighted by Crippen LogP contribution is -1.91. The van der Waals surface area contributed by atoms with Crippen LogP contribution in [0.4, 0.5) is 0 Å². The largest absolute Gasteiger partial charge is 0.0654 e. The average molecular weight is 151 g/mol. The minimum absolute atomic E-state index is 1.11. The van der Waals surface area contributed by atoms with E-state index >= 15 is 0 Å². The van der Waals surface area contributed by atoms with E-state index in [4.69, 9.17) is 0 Å². The summed E-state index contributed by atoms with van der Waals surface area (Å²) in [6, 6.07) is 0. The summed E-state index contributed by atoms with van der Waals surface area (Å²) in [5.74, 6) is 4.16. The SMILES string of the molecule is CCCC[C]1C2CCCCC12. The Labute approximate surface area is 70.4 Å². The maximum absolute atomic E-state index is 2.30. The normalized spacial score (nSPS) is 36.8. The lowest BCUT2D eigenvalue weighted by atomic mass is 10.0. The van der Waals surface area contributed by atoms with E-state index in [-0.39, 0.29) is 0 Å². The molecule has 0 amide bonds. The van der Waals surface area contributed by atoms with Crippen molar-refractivity contribution in [2.45, 2.75) is 51.9 Å². The minimum atomic E-state index is 1.11. The van der Waals surface area contributed by atoms with Crippen LogP contribution in [-0.2, 0) is 0 Å². The molecule has 0 spiro atoms. The van der Waals surface area contributed by atoms with Gasteiger partial charge >= 0.3 is 0 Å². The molecule has 0 N–H and O–H groups in total. The summed E-state index contributed by atoms with van der Waals surface area (Å²) < 4.78 is 0. The van der Waals surface area contributed by atoms with Crippen molar-refractivity contribution in [3.05, 3.63) is 5.92 Å². The first kappa shape index (κ1) is 7.64. The molecule has 0 aromatic rings. The molecule has 0 heteroatoms. The molecule has 0 aromatic heterocycles. The monoisotopic (exact) mass is 151 g/mol. The minimum Gasteiger partial charge on any atom is -0.0654 e. The van der Waals surface area contributed by atoms with Crippen molar-refractivity contribution < 1.29 is 0 Å². The zero-order valence-electron chi connectivity index (χ0n) is 7.60. The van der Waals surface area contributed by atoms with Crippen molar-refractivity contribution in [1.29, 1.82) is 0 Å². The summed E-state index contributed by atoms with van der Waals surface area (Å²) >= 11 is 0. The number of rotatable bonds is 3. The van der Waals surface area contributed by atoms with Gasteiger partial charge < -0.3 is 0 Å². The summed E-state index contributed by atoms with van der Waals surface area (Å²) in [7, 11) is 0. The second kappa shape index (κ2) is 3.16. The Morgan fingerprint density at radius 3 is 2.36 bits per heavy atom. The number of fused-ring (bicyclic) bond motifs is 1. The maximum atomic E-state index is 2.30. The van der Waals surface area contributed by atoms with Gasteiger partial charge in [0, 0.05) is 0 Å². The van der Waals surface area contributed by atoms with Crippen LogP contribution in [0.25, 0.3) is 0 Å². The van der Waals surface area contributed by atoms with E-state index in [1.165, 1.54) is 44.9 Å². The van der Waals surface area contributed by atoms with Crippen molar-refractivity contribution in [2.75, 3.05) is 0 Å². The van der Waals surface area contributed by atoms with Crippen LogP contribution < -0.4 is 0 Å². The fourth-order valence-corrected chi connectivity index (χ4v) is 2.70. The van der Waals surface area contributed by atoms with Crippen LogP contribution in [0.3, 0.4) is 0 Å². The van der Waals surface area contributed by atoms with Crippen LogP contribution >= 0.6 is 0 Å². The molecule has 11 heavy (non-hydrogen) atoms. The van der Waals surface area contributed by atoms with Gasteiger partial charge in [-0.2, -0.15) is 0 Å². The Balaban J connectivity index is 1.72. The molecule has 2 unspecified atom stereocenters. The number of hydrogen-bond donors (Lipinski definition) is 0. The summed E-state index contributed by atoms with van der Waals surface area (Å²) in [6.45, 7) is 2.30. The molecule has 0 aromatic carbocycles. The quantitative estimate of drug-likeness (QED) is 0.578. The third-order valence-corrected chi connectivity index (χ3v) is 3.43. The second-order valence-electron chi connectivity index (χ2n) is 4.18. The average Bonchev–Trinajstić information content (AvgIpc) is 2.75. The topological polar surface area (TPSA) is 0 Å². The second-order valence-corrected chi connectivity index (χ2v) is 4.18. The summed E-state index contributed by atoms with van der Waals surface area (Å²) in [5, 5.41) is 0. The molecule has 1 radical (unpaired) electrons. The molecule has 2 aliphatic carbocycles. The molecule has 0 bridgehead atoms. The van der Waals surface area contributed by atoms with Crippen LogP contribution in [0, 0.1) is 17.8 Å². The van der Waals surface area contributed by atoms with Crippen molar-refractivity contribution in [2.24, 2.45) is 11.8 Å². The molecule has 2 aliphatic rings. The zero-order valence-corrected chi connectivity index (χ0v) is 7.60. The highest BCUT2D eigenvalue weighted by atomic mass is 14.5. The molecule has 2 fully saturated rings. The summed E-state index contributed by atoms with van der Waals surface area (Å²) in [5.41, 5.74) is 0. The molecule has 2 rings (SSSR count). The van der Waals surface area contributed by atoms with Crippen LogP contribution in [0.1, 0.15) is 51.9 Å². The molecule has 0 aliphatic heterocycles. The van der Waals surface area contributed by atoms with Gasteiger partial charge in [-0.25, -0.2) is 0 Å². The molecule has 63 valence electrons. The highest BCUT2D eigenvalue weighted by molar-refractivity contribution is 5.22. The van der Waals surface area contributed by atoms with E-state index < -0.39 is 0 Å². The van der Waals surface area contributed by atoms with Gasteiger partial charge in [0.1, 0.15) is 0 Å². The number of unbranched alkanes of at least 4 members (excludes halogenated alkanes) is 1. The first-order valence-electron chi connectivity index (χ1n) is 5.29. The fraction of sp³-hybridized carbons (Fsp3) is 0.909. The van der Waals surface area contributed by atoms with Crippen molar-refractivity contribution in [3.8, 4) is 0 Å². The molecular weight excluding hydrogens is 132 g/mol. The van der Waals surface area contributed by atoms with Crippen LogP contribution in [0.5, 0.6) is 0 Å². The predicted octanol–water partition coefficient (Wildman–Crippen LogP) is 3.57. The lowest BCUT2D eigenvalue weighted by molar-refractivity contribution is 0.480. The fourth-order valence-electron chi connectivity index (χ4n) is 2.70. The van der Waals surface area contributed by atoms with Gasteiger partial charge in [0.25, 0.3) is 0 Å². The first-order valence-corrected chi connectivity index (χ1v) is 5.29. The van der Waals surface area contributed by atoms with E-state index in [9.17, 15) is 0 Å². The Morgan fingerprint density at radius 1 is 1.18 bits per heavy atom. The Morgan fingerprint density at radius 2 is 1.82 bits per heavy atom. The molecular formula is C11H19. The molecule has 0 nitrogen and oxygen atoms in total. The number of hydrogen-bond acceptors (Lipinski definition) is 0. The molecule has 0 heterocycles. The Hall–Kier alpha value is 0. The van der Waals surface area contributed by atoms with Gasteiger partial charge in [-0.15, -0.1) is 0 Å². The van der Waals surface area contributed by atoms with Crippen LogP contribution in [0.15, 0.2) is 0 Å². The molecule has 2 saturated carbocycles.